The number of rotatable bonds is 14. The number of aliphatic carboxylic acids is 1. The lowest BCUT2D eigenvalue weighted by Crippen LogP contribution is -2.58. The second-order valence-corrected chi connectivity index (χ2v) is 9.33. The molecule has 6 unspecified atom stereocenters. The van der Waals surface area contributed by atoms with Gasteiger partial charge in [0.1, 0.15) is 18.1 Å². The number of nitrogens with one attached hydrogen (secondary N) is 2. The molecule has 1 aliphatic heterocycles. The van der Waals surface area contributed by atoms with E-state index in [2.05, 4.69) is 15.6 Å². The third-order valence-electron chi connectivity index (χ3n) is 6.70. The second kappa shape index (κ2) is 14.5. The molecule has 3 amide bonds. The van der Waals surface area contributed by atoms with E-state index < -0.39 is 42.0 Å². The van der Waals surface area contributed by atoms with Crippen molar-refractivity contribution in [2.24, 2.45) is 34.0 Å². The second-order valence-electron chi connectivity index (χ2n) is 9.33. The van der Waals surface area contributed by atoms with Crippen molar-refractivity contribution < 1.29 is 24.3 Å². The van der Waals surface area contributed by atoms with E-state index in [9.17, 15) is 24.3 Å². The molecule has 0 spiro atoms. The van der Waals surface area contributed by atoms with Crippen LogP contribution in [-0.2, 0) is 19.2 Å². The molecule has 35 heavy (non-hydrogen) atoms. The molecule has 0 bridgehead atoms. The summed E-state index contributed by atoms with van der Waals surface area (Å²) in [6.45, 7) is 8.06. The van der Waals surface area contributed by atoms with E-state index in [1.165, 1.54) is 4.90 Å². The van der Waals surface area contributed by atoms with E-state index in [1.807, 2.05) is 20.8 Å². The summed E-state index contributed by atoms with van der Waals surface area (Å²) in [4.78, 5) is 56.2. The summed E-state index contributed by atoms with van der Waals surface area (Å²) in [5.41, 5.74) is 16.6. The summed E-state index contributed by atoms with van der Waals surface area (Å²) >= 11 is 0. The van der Waals surface area contributed by atoms with Gasteiger partial charge in [0, 0.05) is 13.1 Å². The van der Waals surface area contributed by atoms with Gasteiger partial charge in [-0.3, -0.25) is 19.4 Å². The molecule has 12 heteroatoms. The van der Waals surface area contributed by atoms with Crippen molar-refractivity contribution in [1.82, 2.24) is 15.5 Å². The highest BCUT2D eigenvalue weighted by molar-refractivity contribution is 5.94. The highest BCUT2D eigenvalue weighted by Gasteiger charge is 2.40. The van der Waals surface area contributed by atoms with Crippen LogP contribution in [0.2, 0.25) is 0 Å². The Labute approximate surface area is 207 Å². The van der Waals surface area contributed by atoms with Crippen LogP contribution < -0.4 is 27.8 Å². The van der Waals surface area contributed by atoms with Crippen LogP contribution in [0, 0.1) is 11.8 Å². The summed E-state index contributed by atoms with van der Waals surface area (Å²) in [7, 11) is 0. The summed E-state index contributed by atoms with van der Waals surface area (Å²) in [6.07, 6.45) is 3.08. The Morgan fingerprint density at radius 3 is 2.20 bits per heavy atom. The molecule has 1 aliphatic rings. The Balaban J connectivity index is 2.92. The van der Waals surface area contributed by atoms with Crippen LogP contribution in [-0.4, -0.2) is 76.9 Å². The SMILES string of the molecule is CCC(C)C(NC(=O)C1CCCN1C(=O)C(NC(=O)C(N)CCCN=C(N)N)C(C)CC)C(=O)O. The van der Waals surface area contributed by atoms with Gasteiger partial charge in [-0.05, 0) is 37.5 Å². The fraction of sp³-hybridized carbons (Fsp3) is 0.783. The molecule has 0 aromatic carbocycles. The monoisotopic (exact) mass is 497 g/mol. The van der Waals surface area contributed by atoms with Crippen LogP contribution in [0.25, 0.3) is 0 Å². The Morgan fingerprint density at radius 1 is 1.06 bits per heavy atom. The largest absolute Gasteiger partial charge is 0.480 e. The Morgan fingerprint density at radius 2 is 1.66 bits per heavy atom. The molecule has 0 aromatic rings. The van der Waals surface area contributed by atoms with Crippen molar-refractivity contribution in [2.75, 3.05) is 13.1 Å². The van der Waals surface area contributed by atoms with Crippen LogP contribution in [0.4, 0.5) is 0 Å². The van der Waals surface area contributed by atoms with Crippen molar-refractivity contribution >= 4 is 29.7 Å². The zero-order chi connectivity index (χ0) is 26.7. The maximum absolute atomic E-state index is 13.5. The molecule has 6 atom stereocenters. The van der Waals surface area contributed by atoms with Crippen molar-refractivity contribution in [3.63, 3.8) is 0 Å². The summed E-state index contributed by atoms with van der Waals surface area (Å²) < 4.78 is 0. The number of hydrogen-bond acceptors (Lipinski definition) is 6. The minimum absolute atomic E-state index is 0.0338. The Hall–Kier alpha value is -2.89. The smallest absolute Gasteiger partial charge is 0.326 e. The van der Waals surface area contributed by atoms with Crippen LogP contribution in [0.5, 0.6) is 0 Å². The molecule has 1 saturated heterocycles. The first-order chi connectivity index (χ1) is 16.4. The molecule has 9 N–H and O–H groups in total. The number of carboxylic acid groups (broad SMARTS) is 1. The first kappa shape index (κ1) is 30.1. The number of aliphatic imine (C=N–C) groups is 1. The number of nitrogens with zero attached hydrogens (tertiary/aromatic N) is 2. The number of hydrogen-bond donors (Lipinski definition) is 6. The minimum Gasteiger partial charge on any atom is -0.480 e. The van der Waals surface area contributed by atoms with E-state index in [0.29, 0.717) is 51.6 Å². The average molecular weight is 498 g/mol. The number of nitrogens with two attached hydrogens (primary N) is 3. The van der Waals surface area contributed by atoms with Gasteiger partial charge in [-0.15, -0.1) is 0 Å². The van der Waals surface area contributed by atoms with Crippen LogP contribution >= 0.6 is 0 Å². The number of carboxylic acids is 1. The van der Waals surface area contributed by atoms with Crippen molar-refractivity contribution in [3.8, 4) is 0 Å². The molecular formula is C23H43N7O5. The number of carbonyl (C=O) groups is 4. The number of likely N-dealkylation sites (tertiary alicyclic amines) is 1. The maximum Gasteiger partial charge on any atom is 0.326 e. The molecule has 12 nitrogen and oxygen atoms in total. The van der Waals surface area contributed by atoms with Gasteiger partial charge in [0.25, 0.3) is 0 Å². The third-order valence-corrected chi connectivity index (χ3v) is 6.70. The fourth-order valence-corrected chi connectivity index (χ4v) is 4.01. The molecule has 1 heterocycles. The van der Waals surface area contributed by atoms with Gasteiger partial charge in [-0.2, -0.15) is 0 Å². The van der Waals surface area contributed by atoms with Crippen molar-refractivity contribution in [3.05, 3.63) is 0 Å². The van der Waals surface area contributed by atoms with E-state index in [4.69, 9.17) is 17.2 Å². The molecule has 0 aliphatic carbocycles. The zero-order valence-electron chi connectivity index (χ0n) is 21.3. The zero-order valence-corrected chi connectivity index (χ0v) is 21.3. The Bertz CT molecular complexity index is 771. The number of amides is 3. The lowest BCUT2D eigenvalue weighted by atomic mass is 9.96. The molecule has 1 fully saturated rings. The lowest BCUT2D eigenvalue weighted by Gasteiger charge is -2.32. The van der Waals surface area contributed by atoms with Gasteiger partial charge in [-0.1, -0.05) is 40.5 Å². The number of carbonyl (C=O) groups excluding carboxylic acids is 3. The average Bonchev–Trinajstić information content (AvgIpc) is 3.31. The Kier molecular flexibility index (Phi) is 12.5. The van der Waals surface area contributed by atoms with Gasteiger partial charge in [0.15, 0.2) is 5.96 Å². The topological polar surface area (TPSA) is 206 Å². The van der Waals surface area contributed by atoms with Crippen molar-refractivity contribution in [1.29, 1.82) is 0 Å². The minimum atomic E-state index is -1.11. The maximum atomic E-state index is 13.5. The van der Waals surface area contributed by atoms with Gasteiger partial charge in [0.05, 0.1) is 6.04 Å². The molecule has 0 aromatic heterocycles. The third kappa shape index (κ3) is 9.00. The number of guanidine groups is 1. The highest BCUT2D eigenvalue weighted by atomic mass is 16.4. The normalized spacial score (nSPS) is 19.7. The first-order valence-electron chi connectivity index (χ1n) is 12.4. The van der Waals surface area contributed by atoms with E-state index in [1.54, 1.807) is 6.92 Å². The van der Waals surface area contributed by atoms with Gasteiger partial charge in [0.2, 0.25) is 17.7 Å². The van der Waals surface area contributed by atoms with Gasteiger partial charge < -0.3 is 37.8 Å². The van der Waals surface area contributed by atoms with Gasteiger partial charge in [-0.25, -0.2) is 4.79 Å². The standard InChI is InChI=1S/C23H43N7O5/c1-5-13(3)17(28-19(31)15(24)9-7-11-27-23(25)26)21(33)30-12-8-10-16(30)20(32)29-18(22(34)35)14(4)6-2/h13-18H,5-12,24H2,1-4H3,(H,28,31)(H,29,32)(H,34,35)(H4,25,26,27). The van der Waals surface area contributed by atoms with E-state index >= 15 is 0 Å². The van der Waals surface area contributed by atoms with Crippen LogP contribution in [0.1, 0.15) is 66.2 Å². The highest BCUT2D eigenvalue weighted by Crippen LogP contribution is 2.22. The fourth-order valence-electron chi connectivity index (χ4n) is 4.01. The van der Waals surface area contributed by atoms with E-state index in [-0.39, 0.29) is 23.7 Å². The molecule has 200 valence electrons. The first-order valence-corrected chi connectivity index (χ1v) is 12.4. The quantitative estimate of drug-likeness (QED) is 0.104. The van der Waals surface area contributed by atoms with Crippen LogP contribution in [0.3, 0.4) is 0 Å². The molecular weight excluding hydrogens is 454 g/mol. The van der Waals surface area contributed by atoms with Crippen LogP contribution in [0.15, 0.2) is 4.99 Å². The predicted octanol–water partition coefficient (Wildman–Crippen LogP) is -0.495. The summed E-state index contributed by atoms with van der Waals surface area (Å²) in [5, 5.41) is 14.9. The predicted molar refractivity (Wildman–Crippen MR) is 133 cm³/mol. The molecule has 0 saturated carbocycles. The summed E-state index contributed by atoms with van der Waals surface area (Å²) in [6, 6.07) is -3.51. The van der Waals surface area contributed by atoms with E-state index in [0.717, 1.165) is 0 Å². The van der Waals surface area contributed by atoms with Crippen molar-refractivity contribution in [2.45, 2.75) is 90.4 Å². The van der Waals surface area contributed by atoms with Gasteiger partial charge >= 0.3 is 5.97 Å². The summed E-state index contributed by atoms with van der Waals surface area (Å²) in [5.74, 6) is -2.92. The molecule has 1 rings (SSSR count). The lowest BCUT2D eigenvalue weighted by molar-refractivity contribution is -0.146. The molecule has 0 radical (unpaired) electrons.